The normalized spacial score (nSPS) is 12.5. The van der Waals surface area contributed by atoms with Gasteiger partial charge in [-0.2, -0.15) is 23.0 Å². The van der Waals surface area contributed by atoms with E-state index >= 15 is 0 Å². The molecular weight excluding hydrogens is 443 g/mol. The minimum absolute atomic E-state index is 0.0169. The Balaban J connectivity index is 1.79. The van der Waals surface area contributed by atoms with Gasteiger partial charge in [-0.15, -0.1) is 11.8 Å². The zero-order valence-electron chi connectivity index (χ0n) is 15.6. The lowest BCUT2D eigenvalue weighted by Crippen LogP contribution is -2.33. The lowest BCUT2D eigenvalue weighted by Gasteiger charge is -2.17. The molecule has 0 aliphatic carbocycles. The second kappa shape index (κ2) is 8.88. The number of halogens is 4. The van der Waals surface area contributed by atoms with E-state index in [4.69, 9.17) is 11.6 Å². The van der Waals surface area contributed by atoms with Crippen LogP contribution in [0, 0.1) is 0 Å². The summed E-state index contributed by atoms with van der Waals surface area (Å²) in [6.07, 6.45) is 1.35. The molecule has 3 rings (SSSR count). The second-order valence-corrected chi connectivity index (χ2v) is 7.18. The van der Waals surface area contributed by atoms with Gasteiger partial charge in [-0.1, -0.05) is 11.6 Å². The molecule has 0 saturated carbocycles. The average molecular weight is 458 g/mol. The lowest BCUT2D eigenvalue weighted by molar-refractivity contribution is -0.137. The zero-order valence-corrected chi connectivity index (χ0v) is 17.2. The van der Waals surface area contributed by atoms with Crippen molar-refractivity contribution in [1.82, 2.24) is 30.0 Å². The highest BCUT2D eigenvalue weighted by Crippen LogP contribution is 2.40. The smallest absolute Gasteiger partial charge is 0.328 e. The number of benzene rings is 1. The average Bonchev–Trinajstić information content (AvgIpc) is 3.18. The van der Waals surface area contributed by atoms with E-state index in [1.165, 1.54) is 23.4 Å². The van der Waals surface area contributed by atoms with Gasteiger partial charge in [-0.25, -0.2) is 19.7 Å². The maximum absolute atomic E-state index is 13.2. The number of hydrogen-bond donors (Lipinski definition) is 2. The number of nitrogens with one attached hydrogen (secondary N) is 2. The molecule has 8 nitrogen and oxygen atoms in total. The number of alkyl halides is 3. The van der Waals surface area contributed by atoms with Crippen molar-refractivity contribution in [2.45, 2.75) is 24.0 Å². The second-order valence-electron chi connectivity index (χ2n) is 5.93. The van der Waals surface area contributed by atoms with Crippen molar-refractivity contribution in [2.24, 2.45) is 0 Å². The summed E-state index contributed by atoms with van der Waals surface area (Å²) in [7, 11) is 0. The van der Waals surface area contributed by atoms with Gasteiger partial charge in [0.15, 0.2) is 5.82 Å². The van der Waals surface area contributed by atoms with Gasteiger partial charge >= 0.3 is 12.2 Å². The Labute approximate surface area is 178 Å². The van der Waals surface area contributed by atoms with Gasteiger partial charge in [0.05, 0.1) is 22.3 Å². The van der Waals surface area contributed by atoms with E-state index in [9.17, 15) is 18.0 Å². The number of hydrogen-bond acceptors (Lipinski definition) is 6. The fourth-order valence-electron chi connectivity index (χ4n) is 2.56. The van der Waals surface area contributed by atoms with E-state index < -0.39 is 28.8 Å². The van der Waals surface area contributed by atoms with Crippen LogP contribution in [0.5, 0.6) is 0 Å². The Kier molecular flexibility index (Phi) is 6.46. The number of carbonyl (C=O) groups excluding carboxylic acids is 1. The van der Waals surface area contributed by atoms with Crippen molar-refractivity contribution in [3.05, 3.63) is 53.3 Å². The maximum Gasteiger partial charge on any atom is 0.417 e. The van der Waals surface area contributed by atoms with Gasteiger partial charge in [0, 0.05) is 17.3 Å². The fourth-order valence-corrected chi connectivity index (χ4v) is 3.46. The molecule has 0 saturated heterocycles. The van der Waals surface area contributed by atoms with Crippen LogP contribution in [0.1, 0.15) is 24.4 Å². The van der Waals surface area contributed by atoms with Crippen LogP contribution in [0.15, 0.2) is 41.8 Å². The van der Waals surface area contributed by atoms with Crippen LogP contribution in [-0.2, 0) is 6.18 Å². The van der Waals surface area contributed by atoms with Crippen molar-refractivity contribution in [2.75, 3.05) is 11.6 Å². The van der Waals surface area contributed by atoms with E-state index in [1.54, 1.807) is 19.2 Å². The standard InChI is InChI=1S/C17H15ClF3N7OS/c1-9(14-24-8-25-28(14)15-22-4-3-5-23-15)26-16(29)27-12-6-10(17(19,20)21)11(18)7-13(12)30-2/h3-9H,1-2H3,(H2,26,27,29). The molecule has 0 fully saturated rings. The fraction of sp³-hybridized carbons (Fsp3) is 0.235. The first-order valence-electron chi connectivity index (χ1n) is 8.40. The van der Waals surface area contributed by atoms with Crippen LogP contribution in [0.4, 0.5) is 23.7 Å². The van der Waals surface area contributed by atoms with Gasteiger partial charge in [0.1, 0.15) is 6.33 Å². The Morgan fingerprint density at radius 1 is 1.23 bits per heavy atom. The Hall–Kier alpha value is -2.86. The highest BCUT2D eigenvalue weighted by atomic mass is 35.5. The molecule has 1 atom stereocenters. The first kappa shape index (κ1) is 21.8. The zero-order chi connectivity index (χ0) is 21.9. The molecule has 3 aromatic rings. The number of urea groups is 1. The van der Waals surface area contributed by atoms with Gasteiger partial charge in [0.2, 0.25) is 0 Å². The Bertz CT molecular complexity index is 1050. The molecule has 2 aromatic heterocycles. The molecule has 0 aliphatic rings. The Morgan fingerprint density at radius 2 is 1.93 bits per heavy atom. The summed E-state index contributed by atoms with van der Waals surface area (Å²) in [5.74, 6) is 0.602. The number of aromatic nitrogens is 5. The molecule has 0 bridgehead atoms. The number of thioether (sulfide) groups is 1. The largest absolute Gasteiger partial charge is 0.417 e. The quantitative estimate of drug-likeness (QED) is 0.553. The van der Waals surface area contributed by atoms with Crippen molar-refractivity contribution >= 4 is 35.1 Å². The van der Waals surface area contributed by atoms with Crippen molar-refractivity contribution < 1.29 is 18.0 Å². The maximum atomic E-state index is 13.2. The summed E-state index contributed by atoms with van der Waals surface area (Å²) in [5.41, 5.74) is -1.05. The molecule has 0 radical (unpaired) electrons. The first-order valence-corrected chi connectivity index (χ1v) is 10.0. The van der Waals surface area contributed by atoms with Crippen LogP contribution in [0.25, 0.3) is 5.95 Å². The monoisotopic (exact) mass is 457 g/mol. The molecule has 30 heavy (non-hydrogen) atoms. The highest BCUT2D eigenvalue weighted by molar-refractivity contribution is 7.98. The molecule has 1 aromatic carbocycles. The number of rotatable bonds is 5. The molecule has 1 unspecified atom stereocenters. The SMILES string of the molecule is CSc1cc(Cl)c(C(F)(F)F)cc1NC(=O)NC(C)c1ncnn1-c1ncccn1. The van der Waals surface area contributed by atoms with Gasteiger partial charge < -0.3 is 10.6 Å². The van der Waals surface area contributed by atoms with E-state index in [0.29, 0.717) is 10.7 Å². The van der Waals surface area contributed by atoms with E-state index in [2.05, 4.69) is 30.7 Å². The van der Waals surface area contributed by atoms with Crippen LogP contribution in [0.2, 0.25) is 5.02 Å². The van der Waals surface area contributed by atoms with Crippen molar-refractivity contribution in [3.8, 4) is 5.95 Å². The molecule has 158 valence electrons. The molecule has 0 aliphatic heterocycles. The molecular formula is C17H15ClF3N7OS. The van der Waals surface area contributed by atoms with Gasteiger partial charge in [-0.3, -0.25) is 0 Å². The van der Waals surface area contributed by atoms with Crippen LogP contribution < -0.4 is 10.6 Å². The van der Waals surface area contributed by atoms with E-state index in [-0.39, 0.29) is 11.6 Å². The third kappa shape index (κ3) is 4.82. The number of amides is 2. The number of carbonyl (C=O) groups is 1. The van der Waals surface area contributed by atoms with E-state index in [1.807, 2.05) is 0 Å². The van der Waals surface area contributed by atoms with Crippen LogP contribution >= 0.6 is 23.4 Å². The predicted octanol–water partition coefficient (Wildman–Crippen LogP) is 4.33. The minimum atomic E-state index is -4.65. The summed E-state index contributed by atoms with van der Waals surface area (Å²) in [6.45, 7) is 1.64. The van der Waals surface area contributed by atoms with Gasteiger partial charge in [0.25, 0.3) is 5.95 Å². The highest BCUT2D eigenvalue weighted by Gasteiger charge is 2.34. The van der Waals surface area contributed by atoms with Crippen LogP contribution in [0.3, 0.4) is 0 Å². The topological polar surface area (TPSA) is 97.6 Å². The summed E-state index contributed by atoms with van der Waals surface area (Å²) >= 11 is 6.89. The van der Waals surface area contributed by atoms with Crippen molar-refractivity contribution in [3.63, 3.8) is 0 Å². The summed E-state index contributed by atoms with van der Waals surface area (Å²) < 4.78 is 40.8. The first-order chi connectivity index (χ1) is 14.2. The molecule has 2 amide bonds. The lowest BCUT2D eigenvalue weighted by atomic mass is 10.2. The predicted molar refractivity (Wildman–Crippen MR) is 106 cm³/mol. The number of nitrogens with zero attached hydrogens (tertiary/aromatic N) is 5. The molecule has 0 spiro atoms. The minimum Gasteiger partial charge on any atom is -0.328 e. The summed E-state index contributed by atoms with van der Waals surface area (Å²) in [4.78, 5) is 25.1. The third-order valence-corrected chi connectivity index (χ3v) is 4.98. The summed E-state index contributed by atoms with van der Waals surface area (Å²) in [6, 6.07) is 2.23. The molecule has 2 heterocycles. The number of anilines is 1. The summed E-state index contributed by atoms with van der Waals surface area (Å²) in [5, 5.41) is 8.65. The third-order valence-electron chi connectivity index (χ3n) is 3.89. The van der Waals surface area contributed by atoms with Gasteiger partial charge in [-0.05, 0) is 31.4 Å². The molecule has 2 N–H and O–H groups in total. The van der Waals surface area contributed by atoms with Crippen LogP contribution in [-0.4, -0.2) is 37.0 Å². The Morgan fingerprint density at radius 3 is 2.57 bits per heavy atom. The van der Waals surface area contributed by atoms with E-state index in [0.717, 1.165) is 23.9 Å². The van der Waals surface area contributed by atoms with Crippen molar-refractivity contribution in [1.29, 1.82) is 0 Å². The molecule has 13 heteroatoms.